The zero-order valence-electron chi connectivity index (χ0n) is 18.4. The SMILES string of the molecule is CCOC(CC)(Cc1ccc(OCCn2c(C)ccc2-c2ccccn2)cc1)C(=O)O. The van der Waals surface area contributed by atoms with Crippen LogP contribution in [0.4, 0.5) is 0 Å². The Balaban J connectivity index is 1.62. The first kappa shape index (κ1) is 22.6. The standard InChI is InChI=1S/C25H30N2O4/c1-4-25(24(28)29,31-5-2)18-20-10-12-21(13-11-20)30-17-16-27-19(3)9-14-23(27)22-8-6-7-15-26-22/h6-15H,4-5,16-18H2,1-3H3,(H,28,29). The summed E-state index contributed by atoms with van der Waals surface area (Å²) in [5.74, 6) is -0.176. The summed E-state index contributed by atoms with van der Waals surface area (Å²) in [6, 6.07) is 17.6. The number of hydrogen-bond acceptors (Lipinski definition) is 4. The van der Waals surface area contributed by atoms with E-state index in [1.165, 1.54) is 0 Å². The molecule has 1 unspecified atom stereocenters. The molecule has 0 saturated carbocycles. The third-order valence-corrected chi connectivity index (χ3v) is 5.50. The molecule has 6 nitrogen and oxygen atoms in total. The van der Waals surface area contributed by atoms with Crippen LogP contribution in [0.1, 0.15) is 31.5 Å². The lowest BCUT2D eigenvalue weighted by Gasteiger charge is -2.28. The van der Waals surface area contributed by atoms with Gasteiger partial charge < -0.3 is 19.1 Å². The molecule has 164 valence electrons. The van der Waals surface area contributed by atoms with Crippen molar-refractivity contribution in [2.24, 2.45) is 0 Å². The van der Waals surface area contributed by atoms with Crippen LogP contribution < -0.4 is 4.74 Å². The lowest BCUT2D eigenvalue weighted by atomic mass is 9.91. The monoisotopic (exact) mass is 422 g/mol. The van der Waals surface area contributed by atoms with Crippen LogP contribution in [-0.2, 0) is 22.5 Å². The van der Waals surface area contributed by atoms with Gasteiger partial charge in [-0.1, -0.05) is 25.1 Å². The van der Waals surface area contributed by atoms with Gasteiger partial charge in [0.1, 0.15) is 12.4 Å². The summed E-state index contributed by atoms with van der Waals surface area (Å²) in [5.41, 5.74) is 2.87. The van der Waals surface area contributed by atoms with Crippen LogP contribution in [0.5, 0.6) is 5.75 Å². The van der Waals surface area contributed by atoms with Crippen LogP contribution in [-0.4, -0.2) is 39.4 Å². The fourth-order valence-electron chi connectivity index (χ4n) is 3.74. The van der Waals surface area contributed by atoms with Gasteiger partial charge in [0.2, 0.25) is 0 Å². The second kappa shape index (κ2) is 10.3. The number of nitrogens with zero attached hydrogens (tertiary/aromatic N) is 2. The third-order valence-electron chi connectivity index (χ3n) is 5.50. The molecule has 1 aromatic carbocycles. The molecule has 0 saturated heterocycles. The molecule has 0 radical (unpaired) electrons. The van der Waals surface area contributed by atoms with Gasteiger partial charge in [0, 0.05) is 24.9 Å². The average Bonchev–Trinajstić information content (AvgIpc) is 3.15. The van der Waals surface area contributed by atoms with E-state index in [9.17, 15) is 9.90 Å². The molecule has 1 atom stereocenters. The van der Waals surface area contributed by atoms with Gasteiger partial charge in [-0.2, -0.15) is 0 Å². The van der Waals surface area contributed by atoms with Crippen molar-refractivity contribution < 1.29 is 19.4 Å². The molecule has 1 N–H and O–H groups in total. The Hall–Kier alpha value is -3.12. The van der Waals surface area contributed by atoms with Crippen molar-refractivity contribution in [2.45, 2.75) is 45.8 Å². The van der Waals surface area contributed by atoms with Crippen LogP contribution in [0.15, 0.2) is 60.8 Å². The van der Waals surface area contributed by atoms with Crippen LogP contribution in [0.2, 0.25) is 0 Å². The summed E-state index contributed by atoms with van der Waals surface area (Å²) in [7, 11) is 0. The summed E-state index contributed by atoms with van der Waals surface area (Å²) < 4.78 is 13.7. The van der Waals surface area contributed by atoms with Gasteiger partial charge in [-0.05, 0) is 62.2 Å². The zero-order valence-corrected chi connectivity index (χ0v) is 18.4. The Bertz CT molecular complexity index is 983. The predicted molar refractivity (Wildman–Crippen MR) is 120 cm³/mol. The van der Waals surface area contributed by atoms with Gasteiger partial charge in [0.05, 0.1) is 17.9 Å². The Morgan fingerprint density at radius 2 is 1.87 bits per heavy atom. The maximum absolute atomic E-state index is 11.8. The van der Waals surface area contributed by atoms with Crippen molar-refractivity contribution in [3.8, 4) is 17.1 Å². The van der Waals surface area contributed by atoms with Crippen molar-refractivity contribution >= 4 is 5.97 Å². The molecule has 2 heterocycles. The largest absolute Gasteiger partial charge is 0.492 e. The number of ether oxygens (including phenoxy) is 2. The summed E-state index contributed by atoms with van der Waals surface area (Å²) in [6.07, 6.45) is 2.52. The lowest BCUT2D eigenvalue weighted by Crippen LogP contribution is -2.43. The van der Waals surface area contributed by atoms with E-state index < -0.39 is 11.6 Å². The van der Waals surface area contributed by atoms with E-state index in [1.54, 1.807) is 6.20 Å². The van der Waals surface area contributed by atoms with E-state index in [0.717, 1.165) is 28.4 Å². The van der Waals surface area contributed by atoms with E-state index in [1.807, 2.05) is 56.3 Å². The van der Waals surface area contributed by atoms with Crippen molar-refractivity contribution in [1.82, 2.24) is 9.55 Å². The van der Waals surface area contributed by atoms with Crippen LogP contribution in [0, 0.1) is 6.92 Å². The number of aromatic nitrogens is 2. The number of carbonyl (C=O) groups is 1. The molecule has 0 amide bonds. The molecule has 3 aromatic rings. The van der Waals surface area contributed by atoms with E-state index >= 15 is 0 Å². The van der Waals surface area contributed by atoms with Crippen molar-refractivity contribution in [3.05, 3.63) is 72.1 Å². The number of hydrogen-bond donors (Lipinski definition) is 1. The molecule has 0 bridgehead atoms. The van der Waals surface area contributed by atoms with E-state index in [2.05, 4.69) is 28.6 Å². The van der Waals surface area contributed by atoms with E-state index in [0.29, 0.717) is 32.6 Å². The molecule has 3 rings (SSSR count). The van der Waals surface area contributed by atoms with Gasteiger partial charge in [-0.3, -0.25) is 4.98 Å². The smallest absolute Gasteiger partial charge is 0.336 e. The van der Waals surface area contributed by atoms with Gasteiger partial charge in [0.25, 0.3) is 0 Å². The second-order valence-corrected chi connectivity index (χ2v) is 7.48. The van der Waals surface area contributed by atoms with Crippen molar-refractivity contribution in [1.29, 1.82) is 0 Å². The van der Waals surface area contributed by atoms with Gasteiger partial charge in [-0.25, -0.2) is 4.79 Å². The maximum Gasteiger partial charge on any atom is 0.336 e. The number of rotatable bonds is 11. The normalized spacial score (nSPS) is 13.0. The van der Waals surface area contributed by atoms with Crippen LogP contribution >= 0.6 is 0 Å². The lowest BCUT2D eigenvalue weighted by molar-refractivity contribution is -0.166. The van der Waals surface area contributed by atoms with Gasteiger partial charge in [0.15, 0.2) is 5.60 Å². The van der Waals surface area contributed by atoms with Gasteiger partial charge >= 0.3 is 5.97 Å². The molecular weight excluding hydrogens is 392 g/mol. The minimum absolute atomic E-state index is 0.322. The fraction of sp³-hybridized carbons (Fsp3) is 0.360. The second-order valence-electron chi connectivity index (χ2n) is 7.48. The Morgan fingerprint density at radius 1 is 1.10 bits per heavy atom. The number of aryl methyl sites for hydroxylation is 1. The number of aliphatic carboxylic acids is 1. The Labute approximate surface area is 183 Å². The number of benzene rings is 1. The first-order valence-corrected chi connectivity index (χ1v) is 10.7. The zero-order chi connectivity index (χ0) is 22.3. The van der Waals surface area contributed by atoms with Crippen molar-refractivity contribution in [2.75, 3.05) is 13.2 Å². The third kappa shape index (κ3) is 5.33. The highest BCUT2D eigenvalue weighted by Crippen LogP contribution is 2.25. The molecule has 2 aromatic heterocycles. The topological polar surface area (TPSA) is 73.6 Å². The highest BCUT2D eigenvalue weighted by molar-refractivity contribution is 5.78. The molecular formula is C25H30N2O4. The Morgan fingerprint density at radius 3 is 2.48 bits per heavy atom. The Kier molecular flexibility index (Phi) is 7.47. The fourth-order valence-corrected chi connectivity index (χ4v) is 3.74. The summed E-state index contributed by atoms with van der Waals surface area (Å²) in [4.78, 5) is 16.2. The highest BCUT2D eigenvalue weighted by Gasteiger charge is 2.37. The van der Waals surface area contributed by atoms with Crippen LogP contribution in [0.25, 0.3) is 11.4 Å². The summed E-state index contributed by atoms with van der Waals surface area (Å²) >= 11 is 0. The molecule has 0 spiro atoms. The average molecular weight is 423 g/mol. The molecule has 0 fully saturated rings. The summed E-state index contributed by atoms with van der Waals surface area (Å²) in [5, 5.41) is 9.65. The number of carboxylic acids is 1. The first-order chi connectivity index (χ1) is 15.0. The molecule has 6 heteroatoms. The number of pyridine rings is 1. The minimum Gasteiger partial charge on any atom is -0.492 e. The minimum atomic E-state index is -1.19. The maximum atomic E-state index is 11.8. The quantitative estimate of drug-likeness (QED) is 0.483. The number of carboxylic acid groups (broad SMARTS) is 1. The van der Waals surface area contributed by atoms with E-state index in [-0.39, 0.29) is 0 Å². The molecule has 31 heavy (non-hydrogen) atoms. The summed E-state index contributed by atoms with van der Waals surface area (Å²) in [6.45, 7) is 7.30. The van der Waals surface area contributed by atoms with Crippen LogP contribution in [0.3, 0.4) is 0 Å². The van der Waals surface area contributed by atoms with Crippen molar-refractivity contribution in [3.63, 3.8) is 0 Å². The molecule has 0 aliphatic rings. The first-order valence-electron chi connectivity index (χ1n) is 10.7. The predicted octanol–water partition coefficient (Wildman–Crippen LogP) is 4.75. The molecule has 0 aliphatic carbocycles. The van der Waals surface area contributed by atoms with Gasteiger partial charge in [-0.15, -0.1) is 0 Å². The molecule has 0 aliphatic heterocycles. The highest BCUT2D eigenvalue weighted by atomic mass is 16.5. The van der Waals surface area contributed by atoms with E-state index in [4.69, 9.17) is 9.47 Å².